The van der Waals surface area contributed by atoms with Crippen LogP contribution < -0.4 is 5.56 Å². The van der Waals surface area contributed by atoms with E-state index in [4.69, 9.17) is 23.0 Å². The summed E-state index contributed by atoms with van der Waals surface area (Å²) in [5, 5.41) is 1.66. The predicted molar refractivity (Wildman–Crippen MR) is 128 cm³/mol. The summed E-state index contributed by atoms with van der Waals surface area (Å²) in [6.45, 7) is 0.719. The fourth-order valence-corrected chi connectivity index (χ4v) is 4.63. The normalized spacial score (nSPS) is 13.3. The molecule has 4 aromatic rings. The van der Waals surface area contributed by atoms with Crippen LogP contribution >= 0.6 is 23.4 Å². The molecule has 3 nitrogen and oxygen atoms in total. The molecule has 0 N–H and O–H groups in total. The van der Waals surface area contributed by atoms with Gasteiger partial charge in [0.05, 0.1) is 0 Å². The molecule has 5 heteroatoms. The molecule has 5 rings (SSSR count). The van der Waals surface area contributed by atoms with Gasteiger partial charge in [0.15, 0.2) is 0 Å². The number of aromatic nitrogens is 2. The van der Waals surface area contributed by atoms with Gasteiger partial charge in [0.25, 0.3) is 5.56 Å². The fourth-order valence-electron chi connectivity index (χ4n) is 3.68. The van der Waals surface area contributed by atoms with Crippen LogP contribution in [0.5, 0.6) is 0 Å². The maximum atomic E-state index is 13.0. The average molecular weight is 443 g/mol. The van der Waals surface area contributed by atoms with E-state index in [9.17, 15) is 4.79 Å². The summed E-state index contributed by atoms with van der Waals surface area (Å²) < 4.78 is 1.82. The number of halogens is 1. The molecule has 152 valence electrons. The third-order valence-corrected chi connectivity index (χ3v) is 6.67. The molecule has 0 amide bonds. The lowest BCUT2D eigenvalue weighted by Gasteiger charge is -2.14. The van der Waals surface area contributed by atoms with Crippen LogP contribution in [-0.4, -0.2) is 9.55 Å². The largest absolute Gasteiger partial charge is 0.292 e. The molecule has 0 unspecified atom stereocenters. The zero-order valence-electron chi connectivity index (χ0n) is 16.7. The van der Waals surface area contributed by atoms with Gasteiger partial charge in [-0.1, -0.05) is 41.4 Å². The van der Waals surface area contributed by atoms with Gasteiger partial charge in [0.1, 0.15) is 5.65 Å². The molecule has 1 fully saturated rings. The predicted octanol–water partition coefficient (Wildman–Crippen LogP) is 6.26. The van der Waals surface area contributed by atoms with E-state index in [1.807, 2.05) is 59.3 Å². The van der Waals surface area contributed by atoms with Crippen molar-refractivity contribution in [2.45, 2.75) is 29.2 Å². The van der Waals surface area contributed by atoms with Gasteiger partial charge in [-0.2, -0.15) is 0 Å². The van der Waals surface area contributed by atoms with E-state index < -0.39 is 0 Å². The highest BCUT2D eigenvalue weighted by molar-refractivity contribution is 7.99. The first-order valence-corrected chi connectivity index (χ1v) is 11.3. The lowest BCUT2D eigenvalue weighted by atomic mass is 10.0. The smallest absolute Gasteiger partial charge is 0.252 e. The Hall–Kier alpha value is -3.00. The Kier molecular flexibility index (Phi) is 5.31. The lowest BCUT2D eigenvalue weighted by molar-refractivity contribution is 0.622. The molecule has 2 heterocycles. The first kappa shape index (κ1) is 19.9. The molecule has 0 aliphatic heterocycles. The Labute approximate surface area is 190 Å². The van der Waals surface area contributed by atoms with Crippen LogP contribution in [0.15, 0.2) is 81.4 Å². The first-order valence-electron chi connectivity index (χ1n) is 10.1. The third kappa shape index (κ3) is 4.25. The van der Waals surface area contributed by atoms with Gasteiger partial charge in [0.2, 0.25) is 0 Å². The van der Waals surface area contributed by atoms with Crippen molar-refractivity contribution in [3.8, 4) is 23.5 Å². The highest BCUT2D eigenvalue weighted by Crippen LogP contribution is 2.35. The summed E-state index contributed by atoms with van der Waals surface area (Å²) in [5.74, 6) is 3.25. The maximum Gasteiger partial charge on any atom is 0.252 e. The summed E-state index contributed by atoms with van der Waals surface area (Å²) >= 11 is 7.64. The second-order valence-electron chi connectivity index (χ2n) is 7.77. The quantitative estimate of drug-likeness (QED) is 0.342. The van der Waals surface area contributed by atoms with E-state index >= 15 is 0 Å². The number of hydrogen-bond donors (Lipinski definition) is 0. The van der Waals surface area contributed by atoms with Gasteiger partial charge >= 0.3 is 0 Å². The molecule has 1 saturated carbocycles. The van der Waals surface area contributed by atoms with Crippen molar-refractivity contribution in [3.05, 3.63) is 87.8 Å². The molecule has 0 atom stereocenters. The molecular weight excluding hydrogens is 424 g/mol. The summed E-state index contributed by atoms with van der Waals surface area (Å²) in [7, 11) is 0. The number of nitrogens with zero attached hydrogens (tertiary/aromatic N) is 2. The monoisotopic (exact) mass is 442 g/mol. The minimum Gasteiger partial charge on any atom is -0.292 e. The van der Waals surface area contributed by atoms with Crippen molar-refractivity contribution in [1.29, 1.82) is 0 Å². The molecule has 0 saturated heterocycles. The van der Waals surface area contributed by atoms with E-state index in [0.717, 1.165) is 44.1 Å². The topological polar surface area (TPSA) is 34.9 Å². The fraction of sp³-hybridized carbons (Fsp3) is 0.154. The van der Waals surface area contributed by atoms with Crippen LogP contribution in [0.3, 0.4) is 0 Å². The van der Waals surface area contributed by atoms with E-state index in [2.05, 4.69) is 12.0 Å². The highest BCUT2D eigenvalue weighted by Gasteiger charge is 2.24. The van der Waals surface area contributed by atoms with Crippen molar-refractivity contribution < 1.29 is 0 Å². The van der Waals surface area contributed by atoms with Crippen molar-refractivity contribution in [2.75, 3.05) is 0 Å². The summed E-state index contributed by atoms with van der Waals surface area (Å²) in [5.41, 5.74) is 3.27. The number of rotatable bonds is 5. The molecule has 2 aromatic heterocycles. The van der Waals surface area contributed by atoms with E-state index in [1.165, 1.54) is 12.8 Å². The van der Waals surface area contributed by atoms with Crippen LogP contribution in [0.2, 0.25) is 5.02 Å². The number of fused-ring (bicyclic) bond motifs is 1. The Bertz CT molecular complexity index is 1380. The highest BCUT2D eigenvalue weighted by atomic mass is 35.5. The van der Waals surface area contributed by atoms with Gasteiger partial charge in [0, 0.05) is 44.6 Å². The Balaban J connectivity index is 1.67. The van der Waals surface area contributed by atoms with Crippen LogP contribution in [0.25, 0.3) is 22.2 Å². The Morgan fingerprint density at radius 1 is 1.10 bits per heavy atom. The third-order valence-electron chi connectivity index (χ3n) is 5.45. The van der Waals surface area contributed by atoms with E-state index in [-0.39, 0.29) is 5.56 Å². The summed E-state index contributed by atoms with van der Waals surface area (Å²) in [6, 6.07) is 19.3. The molecule has 2 aromatic carbocycles. The zero-order chi connectivity index (χ0) is 21.4. The van der Waals surface area contributed by atoms with Crippen LogP contribution in [0.1, 0.15) is 18.4 Å². The molecule has 31 heavy (non-hydrogen) atoms. The Morgan fingerprint density at radius 2 is 1.90 bits per heavy atom. The van der Waals surface area contributed by atoms with Crippen LogP contribution in [0, 0.1) is 18.3 Å². The van der Waals surface area contributed by atoms with Gasteiger partial charge in [-0.3, -0.25) is 9.36 Å². The second-order valence-corrected chi connectivity index (χ2v) is 9.36. The lowest BCUT2D eigenvalue weighted by Crippen LogP contribution is -2.22. The minimum absolute atomic E-state index is 0.0221. The van der Waals surface area contributed by atoms with Gasteiger partial charge < -0.3 is 0 Å². The number of terminal acetylenes is 1. The van der Waals surface area contributed by atoms with Gasteiger partial charge in [-0.05, 0) is 72.4 Å². The molecule has 1 aliphatic rings. The number of hydrogen-bond acceptors (Lipinski definition) is 3. The number of pyridine rings is 2. The number of benzene rings is 2. The standard InChI is InChI=1S/C26H19ClN2OS/c1-2-17-4-3-5-19(12-17)23-14-25(30)29(16-18-6-7-18)26-24(23)13-22(15-28-26)31-21-10-8-20(27)9-11-21/h1,3-5,8-15,18H,6-7,16H2. The molecule has 0 spiro atoms. The van der Waals surface area contributed by atoms with Gasteiger partial charge in [-0.25, -0.2) is 4.98 Å². The first-order chi connectivity index (χ1) is 15.1. The van der Waals surface area contributed by atoms with Crippen molar-refractivity contribution in [3.63, 3.8) is 0 Å². The molecular formula is C26H19ClN2OS. The summed E-state index contributed by atoms with van der Waals surface area (Å²) in [6.07, 6.45) is 9.79. The van der Waals surface area contributed by atoms with Crippen LogP contribution in [0.4, 0.5) is 0 Å². The Morgan fingerprint density at radius 3 is 2.65 bits per heavy atom. The van der Waals surface area contributed by atoms with Gasteiger partial charge in [-0.15, -0.1) is 6.42 Å². The van der Waals surface area contributed by atoms with Crippen LogP contribution in [-0.2, 0) is 6.54 Å². The van der Waals surface area contributed by atoms with Crippen molar-refractivity contribution in [2.24, 2.45) is 5.92 Å². The maximum absolute atomic E-state index is 13.0. The average Bonchev–Trinajstić information content (AvgIpc) is 3.61. The molecule has 0 bridgehead atoms. The SMILES string of the molecule is C#Cc1cccc(-c2cc(=O)n(CC3CC3)c3ncc(Sc4ccc(Cl)cc4)cc23)c1. The zero-order valence-corrected chi connectivity index (χ0v) is 18.3. The summed E-state index contributed by atoms with van der Waals surface area (Å²) in [4.78, 5) is 19.8. The van der Waals surface area contributed by atoms with E-state index in [1.54, 1.807) is 17.8 Å². The molecule has 1 aliphatic carbocycles. The van der Waals surface area contributed by atoms with Crippen molar-refractivity contribution >= 4 is 34.4 Å². The second kappa shape index (κ2) is 8.26. The minimum atomic E-state index is -0.0221. The molecule has 0 radical (unpaired) electrons. The van der Waals surface area contributed by atoms with Crippen molar-refractivity contribution in [1.82, 2.24) is 9.55 Å². The van der Waals surface area contributed by atoms with E-state index in [0.29, 0.717) is 10.9 Å².